The predicted octanol–water partition coefficient (Wildman–Crippen LogP) is 1.53. The highest BCUT2D eigenvalue weighted by molar-refractivity contribution is 4.91. The van der Waals surface area contributed by atoms with Crippen LogP contribution in [-0.2, 0) is 18.2 Å². The number of aliphatic hydroxyl groups excluding tert-OH is 1. The molecule has 0 spiro atoms. The Labute approximate surface area is 97.3 Å². The molecule has 1 aromatic heterocycles. The van der Waals surface area contributed by atoms with Crippen LogP contribution in [0.2, 0.25) is 0 Å². The number of aliphatic hydroxyl groups is 1. The van der Waals surface area contributed by atoms with Crippen LogP contribution in [0.15, 0.2) is 12.4 Å². The standard InChI is InChI=1S/C12H22N2O2/c1-10(16-3)4-5-11(15)6-7-12-13-8-9-14(12)2/h8-11,15H,4-7H2,1-3H3. The maximum absolute atomic E-state index is 9.79. The lowest BCUT2D eigenvalue weighted by atomic mass is 10.1. The first-order chi connectivity index (χ1) is 7.63. The second-order valence-electron chi connectivity index (χ2n) is 4.27. The molecule has 0 aliphatic rings. The lowest BCUT2D eigenvalue weighted by molar-refractivity contribution is 0.0824. The fourth-order valence-corrected chi connectivity index (χ4v) is 1.62. The minimum absolute atomic E-state index is 0.225. The van der Waals surface area contributed by atoms with Gasteiger partial charge in [-0.1, -0.05) is 0 Å². The highest BCUT2D eigenvalue weighted by atomic mass is 16.5. The quantitative estimate of drug-likeness (QED) is 0.767. The van der Waals surface area contributed by atoms with E-state index < -0.39 is 0 Å². The Hall–Kier alpha value is -0.870. The Morgan fingerprint density at radius 2 is 2.19 bits per heavy atom. The van der Waals surface area contributed by atoms with E-state index in [-0.39, 0.29) is 12.2 Å². The largest absolute Gasteiger partial charge is 0.393 e. The monoisotopic (exact) mass is 226 g/mol. The molecule has 1 N–H and O–H groups in total. The Bertz CT molecular complexity index is 299. The lowest BCUT2D eigenvalue weighted by Crippen LogP contribution is -2.14. The second kappa shape index (κ2) is 6.66. The third-order valence-electron chi connectivity index (χ3n) is 2.93. The summed E-state index contributed by atoms with van der Waals surface area (Å²) in [6, 6.07) is 0. The molecule has 0 fully saturated rings. The van der Waals surface area contributed by atoms with Crippen molar-refractivity contribution in [3.05, 3.63) is 18.2 Å². The summed E-state index contributed by atoms with van der Waals surface area (Å²) in [7, 11) is 3.67. The number of imidazole rings is 1. The van der Waals surface area contributed by atoms with Crippen molar-refractivity contribution in [2.45, 2.75) is 44.8 Å². The highest BCUT2D eigenvalue weighted by Crippen LogP contribution is 2.09. The van der Waals surface area contributed by atoms with E-state index in [0.717, 1.165) is 31.5 Å². The molecule has 1 heterocycles. The zero-order valence-corrected chi connectivity index (χ0v) is 10.4. The molecule has 92 valence electrons. The fourth-order valence-electron chi connectivity index (χ4n) is 1.62. The molecule has 2 unspecified atom stereocenters. The number of nitrogens with zero attached hydrogens (tertiary/aromatic N) is 2. The normalized spacial score (nSPS) is 15.0. The summed E-state index contributed by atoms with van der Waals surface area (Å²) >= 11 is 0. The molecule has 1 rings (SSSR count). The Kier molecular flexibility index (Phi) is 5.49. The molecule has 0 bridgehead atoms. The van der Waals surface area contributed by atoms with Crippen molar-refractivity contribution in [1.29, 1.82) is 0 Å². The van der Waals surface area contributed by atoms with E-state index in [1.807, 2.05) is 24.7 Å². The molecule has 0 saturated carbocycles. The Morgan fingerprint density at radius 3 is 2.75 bits per heavy atom. The van der Waals surface area contributed by atoms with Crippen LogP contribution < -0.4 is 0 Å². The molecule has 0 saturated heterocycles. The van der Waals surface area contributed by atoms with Crippen LogP contribution in [0.4, 0.5) is 0 Å². The molecule has 4 nitrogen and oxygen atoms in total. The molecule has 2 atom stereocenters. The molecule has 0 aliphatic heterocycles. The first-order valence-corrected chi connectivity index (χ1v) is 5.80. The molecular weight excluding hydrogens is 204 g/mol. The summed E-state index contributed by atoms with van der Waals surface area (Å²) in [5.74, 6) is 1.03. The van der Waals surface area contributed by atoms with Crippen LogP contribution >= 0.6 is 0 Å². The third kappa shape index (κ3) is 4.33. The van der Waals surface area contributed by atoms with E-state index in [9.17, 15) is 5.11 Å². The number of hydrogen-bond donors (Lipinski definition) is 1. The van der Waals surface area contributed by atoms with Crippen LogP contribution in [-0.4, -0.2) is 34.0 Å². The maximum atomic E-state index is 9.79. The van der Waals surface area contributed by atoms with E-state index in [4.69, 9.17) is 4.74 Å². The van der Waals surface area contributed by atoms with Gasteiger partial charge in [0.2, 0.25) is 0 Å². The average molecular weight is 226 g/mol. The van der Waals surface area contributed by atoms with Gasteiger partial charge in [0, 0.05) is 33.0 Å². The van der Waals surface area contributed by atoms with Crippen molar-refractivity contribution in [1.82, 2.24) is 9.55 Å². The summed E-state index contributed by atoms with van der Waals surface area (Å²) in [5.41, 5.74) is 0. The summed E-state index contributed by atoms with van der Waals surface area (Å²) in [6.07, 6.45) is 6.96. The van der Waals surface area contributed by atoms with Gasteiger partial charge in [-0.05, 0) is 26.2 Å². The summed E-state index contributed by atoms with van der Waals surface area (Å²) in [5, 5.41) is 9.79. The predicted molar refractivity (Wildman–Crippen MR) is 63.2 cm³/mol. The summed E-state index contributed by atoms with van der Waals surface area (Å²) < 4.78 is 7.13. The van der Waals surface area contributed by atoms with Crippen molar-refractivity contribution in [3.63, 3.8) is 0 Å². The van der Waals surface area contributed by atoms with Crippen molar-refractivity contribution < 1.29 is 9.84 Å². The molecular formula is C12H22N2O2. The van der Waals surface area contributed by atoms with Crippen LogP contribution in [0, 0.1) is 0 Å². The lowest BCUT2D eigenvalue weighted by Gasteiger charge is -2.13. The number of ether oxygens (including phenoxy) is 1. The number of methoxy groups -OCH3 is 1. The molecule has 1 aromatic rings. The van der Waals surface area contributed by atoms with E-state index in [2.05, 4.69) is 4.98 Å². The minimum Gasteiger partial charge on any atom is -0.393 e. The van der Waals surface area contributed by atoms with Crippen LogP contribution in [0.25, 0.3) is 0 Å². The SMILES string of the molecule is COC(C)CCC(O)CCc1nccn1C. The smallest absolute Gasteiger partial charge is 0.108 e. The summed E-state index contributed by atoms with van der Waals surface area (Å²) in [4.78, 5) is 4.23. The first-order valence-electron chi connectivity index (χ1n) is 5.80. The topological polar surface area (TPSA) is 47.3 Å². The van der Waals surface area contributed by atoms with Gasteiger partial charge in [0.1, 0.15) is 5.82 Å². The van der Waals surface area contributed by atoms with Gasteiger partial charge >= 0.3 is 0 Å². The molecule has 0 amide bonds. The van der Waals surface area contributed by atoms with Gasteiger partial charge < -0.3 is 14.4 Å². The van der Waals surface area contributed by atoms with E-state index in [1.165, 1.54) is 0 Å². The van der Waals surface area contributed by atoms with Crippen molar-refractivity contribution in [2.75, 3.05) is 7.11 Å². The zero-order valence-electron chi connectivity index (χ0n) is 10.4. The highest BCUT2D eigenvalue weighted by Gasteiger charge is 2.09. The maximum Gasteiger partial charge on any atom is 0.108 e. The van der Waals surface area contributed by atoms with Crippen molar-refractivity contribution >= 4 is 0 Å². The van der Waals surface area contributed by atoms with Crippen LogP contribution in [0.1, 0.15) is 32.0 Å². The summed E-state index contributed by atoms with van der Waals surface area (Å²) in [6.45, 7) is 2.02. The van der Waals surface area contributed by atoms with E-state index >= 15 is 0 Å². The minimum atomic E-state index is -0.255. The van der Waals surface area contributed by atoms with Crippen molar-refractivity contribution in [3.8, 4) is 0 Å². The number of hydrogen-bond acceptors (Lipinski definition) is 3. The Morgan fingerprint density at radius 1 is 1.44 bits per heavy atom. The molecule has 16 heavy (non-hydrogen) atoms. The molecule has 0 aliphatic carbocycles. The first kappa shape index (κ1) is 13.2. The average Bonchev–Trinajstić information content (AvgIpc) is 2.69. The fraction of sp³-hybridized carbons (Fsp3) is 0.750. The van der Waals surface area contributed by atoms with Gasteiger partial charge in [-0.2, -0.15) is 0 Å². The van der Waals surface area contributed by atoms with E-state index in [0.29, 0.717) is 0 Å². The van der Waals surface area contributed by atoms with Gasteiger partial charge in [-0.25, -0.2) is 4.98 Å². The zero-order chi connectivity index (χ0) is 12.0. The van der Waals surface area contributed by atoms with Gasteiger partial charge in [0.05, 0.1) is 12.2 Å². The van der Waals surface area contributed by atoms with E-state index in [1.54, 1.807) is 13.3 Å². The van der Waals surface area contributed by atoms with Gasteiger partial charge in [-0.3, -0.25) is 0 Å². The van der Waals surface area contributed by atoms with Gasteiger partial charge in [0.25, 0.3) is 0 Å². The van der Waals surface area contributed by atoms with Crippen molar-refractivity contribution in [2.24, 2.45) is 7.05 Å². The van der Waals surface area contributed by atoms with Gasteiger partial charge in [0.15, 0.2) is 0 Å². The van der Waals surface area contributed by atoms with Gasteiger partial charge in [-0.15, -0.1) is 0 Å². The van der Waals surface area contributed by atoms with Crippen LogP contribution in [0.3, 0.4) is 0 Å². The Balaban J connectivity index is 2.20. The van der Waals surface area contributed by atoms with Crippen LogP contribution in [0.5, 0.6) is 0 Å². The number of aryl methyl sites for hydroxylation is 2. The number of rotatable bonds is 7. The second-order valence-corrected chi connectivity index (χ2v) is 4.27. The molecule has 0 aromatic carbocycles. The molecule has 4 heteroatoms. The molecule has 0 radical (unpaired) electrons. The number of aromatic nitrogens is 2. The third-order valence-corrected chi connectivity index (χ3v) is 2.93.